The standard InChI is InChI=1S/C14H13F3N2/c15-10-3-1-2-9(6-10)7-14(19-18)12-8-11(16)4-5-13(12)17/h1-6,8,14,19H,7,18H2. The Kier molecular flexibility index (Phi) is 4.19. The van der Waals surface area contributed by atoms with Crippen molar-refractivity contribution in [1.29, 1.82) is 0 Å². The van der Waals surface area contributed by atoms with Crippen molar-refractivity contribution in [2.24, 2.45) is 5.84 Å². The maximum absolute atomic E-state index is 13.7. The Morgan fingerprint density at radius 1 is 1.00 bits per heavy atom. The molecule has 0 fully saturated rings. The van der Waals surface area contributed by atoms with Gasteiger partial charge >= 0.3 is 0 Å². The predicted octanol–water partition coefficient (Wildman–Crippen LogP) is 2.85. The zero-order valence-corrected chi connectivity index (χ0v) is 10.0. The van der Waals surface area contributed by atoms with Crippen LogP contribution in [-0.2, 0) is 6.42 Å². The molecule has 0 radical (unpaired) electrons. The fraction of sp³-hybridized carbons (Fsp3) is 0.143. The molecular formula is C14H13F3N2. The summed E-state index contributed by atoms with van der Waals surface area (Å²) in [4.78, 5) is 0. The zero-order chi connectivity index (χ0) is 13.8. The molecule has 0 aliphatic carbocycles. The van der Waals surface area contributed by atoms with E-state index in [2.05, 4.69) is 5.43 Å². The average Bonchev–Trinajstić information content (AvgIpc) is 2.39. The molecule has 0 bridgehead atoms. The van der Waals surface area contributed by atoms with Crippen LogP contribution >= 0.6 is 0 Å². The summed E-state index contributed by atoms with van der Waals surface area (Å²) in [6, 6.07) is 8.44. The maximum atomic E-state index is 13.7. The van der Waals surface area contributed by atoms with E-state index in [4.69, 9.17) is 5.84 Å². The van der Waals surface area contributed by atoms with E-state index in [1.165, 1.54) is 12.1 Å². The molecule has 0 aromatic heterocycles. The van der Waals surface area contributed by atoms with Gasteiger partial charge in [-0.15, -0.1) is 0 Å². The summed E-state index contributed by atoms with van der Waals surface area (Å²) in [7, 11) is 0. The second kappa shape index (κ2) is 5.86. The lowest BCUT2D eigenvalue weighted by molar-refractivity contribution is 0.501. The molecule has 0 spiro atoms. The molecule has 3 N–H and O–H groups in total. The van der Waals surface area contributed by atoms with Crippen LogP contribution in [0.4, 0.5) is 13.2 Å². The van der Waals surface area contributed by atoms with Crippen molar-refractivity contribution in [3.8, 4) is 0 Å². The lowest BCUT2D eigenvalue weighted by atomic mass is 9.99. The van der Waals surface area contributed by atoms with Gasteiger partial charge in [0.1, 0.15) is 17.5 Å². The fourth-order valence-corrected chi connectivity index (χ4v) is 1.94. The number of hydrazine groups is 1. The normalized spacial score (nSPS) is 12.4. The van der Waals surface area contributed by atoms with E-state index in [1.54, 1.807) is 12.1 Å². The molecule has 1 atom stereocenters. The van der Waals surface area contributed by atoms with Crippen LogP contribution in [0.2, 0.25) is 0 Å². The minimum atomic E-state index is -0.627. The third-order valence-electron chi connectivity index (χ3n) is 2.86. The van der Waals surface area contributed by atoms with Crippen LogP contribution in [-0.4, -0.2) is 0 Å². The summed E-state index contributed by atoms with van der Waals surface area (Å²) >= 11 is 0. The highest BCUT2D eigenvalue weighted by Crippen LogP contribution is 2.22. The van der Waals surface area contributed by atoms with Gasteiger partial charge in [0.2, 0.25) is 0 Å². The summed E-state index contributed by atoms with van der Waals surface area (Å²) in [5.74, 6) is 3.89. The molecule has 0 amide bonds. The minimum absolute atomic E-state index is 0.117. The predicted molar refractivity (Wildman–Crippen MR) is 66.5 cm³/mol. The van der Waals surface area contributed by atoms with Crippen LogP contribution < -0.4 is 11.3 Å². The smallest absolute Gasteiger partial charge is 0.128 e. The van der Waals surface area contributed by atoms with Crippen molar-refractivity contribution in [3.05, 3.63) is 71.0 Å². The molecule has 2 aromatic carbocycles. The van der Waals surface area contributed by atoms with E-state index >= 15 is 0 Å². The monoisotopic (exact) mass is 266 g/mol. The Bertz CT molecular complexity index is 572. The van der Waals surface area contributed by atoms with Gasteiger partial charge in [-0.1, -0.05) is 12.1 Å². The van der Waals surface area contributed by atoms with Crippen molar-refractivity contribution >= 4 is 0 Å². The Morgan fingerprint density at radius 2 is 1.74 bits per heavy atom. The van der Waals surface area contributed by atoms with Crippen LogP contribution in [0.25, 0.3) is 0 Å². The number of hydrogen-bond donors (Lipinski definition) is 2. The van der Waals surface area contributed by atoms with E-state index in [1.807, 2.05) is 0 Å². The third kappa shape index (κ3) is 3.33. The largest absolute Gasteiger partial charge is 0.271 e. The molecule has 2 aromatic rings. The summed E-state index contributed by atoms with van der Waals surface area (Å²) < 4.78 is 39.9. The Hall–Kier alpha value is -1.85. The van der Waals surface area contributed by atoms with Crippen LogP contribution in [0.1, 0.15) is 17.2 Å². The molecular weight excluding hydrogens is 253 g/mol. The average molecular weight is 266 g/mol. The third-order valence-corrected chi connectivity index (χ3v) is 2.86. The number of benzene rings is 2. The molecule has 2 rings (SSSR count). The zero-order valence-electron chi connectivity index (χ0n) is 10.0. The lowest BCUT2D eigenvalue weighted by Crippen LogP contribution is -2.30. The van der Waals surface area contributed by atoms with E-state index in [0.717, 1.165) is 18.2 Å². The molecule has 5 heteroatoms. The van der Waals surface area contributed by atoms with Crippen LogP contribution in [0, 0.1) is 17.5 Å². The molecule has 2 nitrogen and oxygen atoms in total. The molecule has 0 saturated carbocycles. The van der Waals surface area contributed by atoms with E-state index in [0.29, 0.717) is 5.56 Å². The van der Waals surface area contributed by atoms with Crippen LogP contribution in [0.5, 0.6) is 0 Å². The first kappa shape index (κ1) is 13.6. The van der Waals surface area contributed by atoms with Crippen molar-refractivity contribution in [2.45, 2.75) is 12.5 Å². The van der Waals surface area contributed by atoms with E-state index in [-0.39, 0.29) is 17.8 Å². The molecule has 1 unspecified atom stereocenters. The Morgan fingerprint density at radius 3 is 2.42 bits per heavy atom. The highest BCUT2D eigenvalue weighted by molar-refractivity contribution is 5.26. The second-order valence-electron chi connectivity index (χ2n) is 4.22. The SMILES string of the molecule is NNC(Cc1cccc(F)c1)c1cc(F)ccc1F. The van der Waals surface area contributed by atoms with Gasteiger partial charge in [0.15, 0.2) is 0 Å². The number of rotatable bonds is 4. The van der Waals surface area contributed by atoms with Crippen molar-refractivity contribution in [2.75, 3.05) is 0 Å². The van der Waals surface area contributed by atoms with Gasteiger partial charge in [-0.3, -0.25) is 11.3 Å². The van der Waals surface area contributed by atoms with Gasteiger partial charge in [0, 0.05) is 5.56 Å². The van der Waals surface area contributed by atoms with Gasteiger partial charge in [0.25, 0.3) is 0 Å². The fourth-order valence-electron chi connectivity index (χ4n) is 1.94. The first-order valence-electron chi connectivity index (χ1n) is 5.75. The molecule has 0 heterocycles. The molecule has 100 valence electrons. The van der Waals surface area contributed by atoms with Crippen LogP contribution in [0.3, 0.4) is 0 Å². The van der Waals surface area contributed by atoms with Crippen molar-refractivity contribution in [3.63, 3.8) is 0 Å². The van der Waals surface area contributed by atoms with E-state index in [9.17, 15) is 13.2 Å². The van der Waals surface area contributed by atoms with Crippen molar-refractivity contribution < 1.29 is 13.2 Å². The number of nitrogens with one attached hydrogen (secondary N) is 1. The number of hydrogen-bond acceptors (Lipinski definition) is 2. The molecule has 0 saturated heterocycles. The summed E-state index contributed by atoms with van der Waals surface area (Å²) in [6.07, 6.45) is 0.259. The summed E-state index contributed by atoms with van der Waals surface area (Å²) in [5, 5.41) is 0. The Balaban J connectivity index is 2.27. The summed E-state index contributed by atoms with van der Waals surface area (Å²) in [5.41, 5.74) is 3.19. The number of nitrogens with two attached hydrogens (primary N) is 1. The summed E-state index contributed by atoms with van der Waals surface area (Å²) in [6.45, 7) is 0. The highest BCUT2D eigenvalue weighted by Gasteiger charge is 2.16. The highest BCUT2D eigenvalue weighted by atomic mass is 19.1. The molecule has 0 aliphatic heterocycles. The maximum Gasteiger partial charge on any atom is 0.128 e. The van der Waals surface area contributed by atoms with Gasteiger partial charge in [-0.25, -0.2) is 13.2 Å². The first-order valence-corrected chi connectivity index (χ1v) is 5.75. The van der Waals surface area contributed by atoms with Crippen LogP contribution in [0.15, 0.2) is 42.5 Å². The van der Waals surface area contributed by atoms with Gasteiger partial charge in [0.05, 0.1) is 6.04 Å². The Labute approximate surface area is 109 Å². The van der Waals surface area contributed by atoms with Gasteiger partial charge in [-0.2, -0.15) is 0 Å². The second-order valence-corrected chi connectivity index (χ2v) is 4.22. The van der Waals surface area contributed by atoms with Gasteiger partial charge < -0.3 is 0 Å². The van der Waals surface area contributed by atoms with Gasteiger partial charge in [-0.05, 0) is 42.3 Å². The molecule has 19 heavy (non-hydrogen) atoms. The van der Waals surface area contributed by atoms with E-state index < -0.39 is 17.7 Å². The number of halogens is 3. The topological polar surface area (TPSA) is 38.0 Å². The molecule has 0 aliphatic rings. The van der Waals surface area contributed by atoms with Crippen molar-refractivity contribution in [1.82, 2.24) is 5.43 Å². The first-order chi connectivity index (χ1) is 9.10. The minimum Gasteiger partial charge on any atom is -0.271 e. The lowest BCUT2D eigenvalue weighted by Gasteiger charge is -2.17. The quantitative estimate of drug-likeness (QED) is 0.659.